The van der Waals surface area contributed by atoms with Crippen LogP contribution in [0.2, 0.25) is 0 Å². The quantitative estimate of drug-likeness (QED) is 0.367. The number of imidazole rings is 1. The third-order valence-corrected chi connectivity index (χ3v) is 8.23. The van der Waals surface area contributed by atoms with Crippen molar-refractivity contribution in [2.45, 2.75) is 44.4 Å². The predicted octanol–water partition coefficient (Wildman–Crippen LogP) is 4.60. The summed E-state index contributed by atoms with van der Waals surface area (Å²) in [7, 11) is 1.77. The zero-order chi connectivity index (χ0) is 27.2. The molecule has 2 fully saturated rings. The van der Waals surface area contributed by atoms with Crippen LogP contribution in [0.4, 0.5) is 19.0 Å². The van der Waals surface area contributed by atoms with Crippen molar-refractivity contribution in [2.24, 2.45) is 5.41 Å². The van der Waals surface area contributed by atoms with Gasteiger partial charge in [0.05, 0.1) is 30.6 Å². The summed E-state index contributed by atoms with van der Waals surface area (Å²) >= 11 is 0. The van der Waals surface area contributed by atoms with Gasteiger partial charge < -0.3 is 9.64 Å². The number of H-pyrrole nitrogens is 1. The molecule has 0 amide bonds. The van der Waals surface area contributed by atoms with E-state index >= 15 is 0 Å². The number of halogens is 3. The third kappa shape index (κ3) is 4.76. The predicted molar refractivity (Wildman–Crippen MR) is 139 cm³/mol. The number of pyridine rings is 1. The largest absolute Gasteiger partial charge is 0.417 e. The van der Waals surface area contributed by atoms with E-state index < -0.39 is 11.7 Å². The highest BCUT2D eigenvalue weighted by Gasteiger charge is 2.44. The summed E-state index contributed by atoms with van der Waals surface area (Å²) in [5.74, 6) is 1.04. The number of ether oxygens (including phenoxy) is 1. The van der Waals surface area contributed by atoms with Gasteiger partial charge in [0, 0.05) is 62.4 Å². The van der Waals surface area contributed by atoms with E-state index in [0.717, 1.165) is 62.7 Å². The minimum absolute atomic E-state index is 0.0535. The van der Waals surface area contributed by atoms with Gasteiger partial charge in [-0.15, -0.1) is 0 Å². The number of hydrogen-bond acceptors (Lipinski definition) is 7. The molecular weight excluding hydrogens is 509 g/mol. The second-order valence-corrected chi connectivity index (χ2v) is 10.7. The molecule has 0 radical (unpaired) electrons. The number of anilines is 1. The summed E-state index contributed by atoms with van der Waals surface area (Å²) in [6.07, 6.45) is 7.13. The minimum atomic E-state index is -4.46. The molecule has 1 saturated heterocycles. The first-order chi connectivity index (χ1) is 18.8. The van der Waals surface area contributed by atoms with Crippen LogP contribution in [0.3, 0.4) is 0 Å². The van der Waals surface area contributed by atoms with Gasteiger partial charge >= 0.3 is 6.18 Å². The summed E-state index contributed by atoms with van der Waals surface area (Å²) in [5.41, 5.74) is 1.33. The summed E-state index contributed by atoms with van der Waals surface area (Å²) < 4.78 is 47.1. The molecular formula is C27H31F3N8O. The number of piperazine rings is 1. The van der Waals surface area contributed by atoms with Gasteiger partial charge in [0.1, 0.15) is 17.2 Å². The van der Waals surface area contributed by atoms with Gasteiger partial charge in [-0.1, -0.05) is 6.42 Å². The second kappa shape index (κ2) is 9.91. The van der Waals surface area contributed by atoms with Crippen molar-refractivity contribution < 1.29 is 17.9 Å². The van der Waals surface area contributed by atoms with Crippen LogP contribution in [-0.4, -0.2) is 73.8 Å². The van der Waals surface area contributed by atoms with E-state index in [-0.39, 0.29) is 17.5 Å². The summed E-state index contributed by atoms with van der Waals surface area (Å²) in [6, 6.07) is 4.37. The number of aromatic amines is 1. The number of nitrogens with zero attached hydrogens (tertiary/aromatic N) is 7. The number of alkyl halides is 3. The van der Waals surface area contributed by atoms with E-state index in [9.17, 15) is 13.2 Å². The maximum Gasteiger partial charge on any atom is 0.417 e. The Labute approximate surface area is 224 Å². The van der Waals surface area contributed by atoms with Gasteiger partial charge in [-0.05, 0) is 38.0 Å². The zero-order valence-electron chi connectivity index (χ0n) is 21.9. The molecule has 2 aliphatic rings. The second-order valence-electron chi connectivity index (χ2n) is 10.7. The van der Waals surface area contributed by atoms with E-state index in [2.05, 4.69) is 36.9 Å². The zero-order valence-corrected chi connectivity index (χ0v) is 21.9. The van der Waals surface area contributed by atoms with Crippen molar-refractivity contribution in [3.8, 4) is 11.5 Å². The van der Waals surface area contributed by atoms with Crippen LogP contribution >= 0.6 is 0 Å². The van der Waals surface area contributed by atoms with Crippen LogP contribution in [0.15, 0.2) is 49.2 Å². The number of nitrogens with one attached hydrogen (secondary N) is 1. The van der Waals surface area contributed by atoms with E-state index in [1.54, 1.807) is 13.3 Å². The Balaban J connectivity index is 1.31. The first-order valence-electron chi connectivity index (χ1n) is 13.1. The van der Waals surface area contributed by atoms with Crippen LogP contribution in [-0.2, 0) is 10.9 Å². The Bertz CT molecular complexity index is 1430. The highest BCUT2D eigenvalue weighted by molar-refractivity contribution is 5.59. The van der Waals surface area contributed by atoms with Crippen molar-refractivity contribution in [1.29, 1.82) is 0 Å². The maximum absolute atomic E-state index is 13.4. The van der Waals surface area contributed by atoms with Crippen molar-refractivity contribution in [1.82, 2.24) is 34.4 Å². The first kappa shape index (κ1) is 25.8. The molecule has 12 heteroatoms. The highest BCUT2D eigenvalue weighted by atomic mass is 19.4. The van der Waals surface area contributed by atoms with E-state index in [1.807, 2.05) is 18.5 Å². The van der Waals surface area contributed by atoms with Crippen molar-refractivity contribution in [3.63, 3.8) is 0 Å². The number of rotatable bonds is 7. The number of aromatic nitrogens is 6. The van der Waals surface area contributed by atoms with Gasteiger partial charge in [-0.25, -0.2) is 15.0 Å². The number of methoxy groups -OCH3 is 1. The Morgan fingerprint density at radius 3 is 2.67 bits per heavy atom. The van der Waals surface area contributed by atoms with Crippen LogP contribution < -0.4 is 4.90 Å². The normalized spacial score (nSPS) is 21.8. The van der Waals surface area contributed by atoms with E-state index in [4.69, 9.17) is 9.72 Å². The lowest BCUT2D eigenvalue weighted by Crippen LogP contribution is -2.57. The smallest absolute Gasteiger partial charge is 0.384 e. The lowest BCUT2D eigenvalue weighted by molar-refractivity contribution is -0.137. The molecule has 5 heterocycles. The van der Waals surface area contributed by atoms with Crippen LogP contribution in [0.1, 0.15) is 43.4 Å². The van der Waals surface area contributed by atoms with Crippen molar-refractivity contribution >= 4 is 11.5 Å². The monoisotopic (exact) mass is 540 g/mol. The van der Waals surface area contributed by atoms with Gasteiger partial charge in [-0.2, -0.15) is 18.3 Å². The van der Waals surface area contributed by atoms with Crippen molar-refractivity contribution in [3.05, 3.63) is 60.3 Å². The maximum atomic E-state index is 13.4. The molecule has 4 aromatic heterocycles. The van der Waals surface area contributed by atoms with E-state index in [1.165, 1.54) is 23.1 Å². The Morgan fingerprint density at radius 1 is 1.13 bits per heavy atom. The SMILES string of the molecule is COCC1(CN2CCN(c3ccnc(-c4cnc5ccc(C(F)(F)F)cn45)n3)[C@@H](C)[C@@H]2c2cn[nH]c2)CCC1. The lowest BCUT2D eigenvalue weighted by atomic mass is 9.68. The topological polar surface area (TPSA) is 87.5 Å². The fourth-order valence-corrected chi connectivity index (χ4v) is 6.18. The Morgan fingerprint density at radius 2 is 1.97 bits per heavy atom. The number of fused-ring (bicyclic) bond motifs is 1. The minimum Gasteiger partial charge on any atom is -0.384 e. The fraction of sp³-hybridized carbons (Fsp3) is 0.481. The molecule has 206 valence electrons. The molecule has 1 N–H and O–H groups in total. The Hall–Kier alpha value is -3.51. The molecule has 0 unspecified atom stereocenters. The standard InChI is InChI=1S/C27H31F3N8O/c1-18-24(19-12-33-34-13-19)36(16-26(17-39-2)7-3-8-26)10-11-37(18)23-6-9-31-25(35-23)21-14-32-22-5-4-20(15-38(21)22)27(28,29)30/h4-6,9,12-15,18,24H,3,7-8,10-11,16-17H2,1-2H3,(H,33,34)/t18-,24+/m0/s1. The van der Waals surface area contributed by atoms with Crippen LogP contribution in [0.25, 0.3) is 17.2 Å². The van der Waals surface area contributed by atoms with E-state index in [0.29, 0.717) is 17.2 Å². The molecule has 0 spiro atoms. The highest BCUT2D eigenvalue weighted by Crippen LogP contribution is 2.44. The Kier molecular flexibility index (Phi) is 6.54. The molecule has 2 atom stereocenters. The molecule has 1 aliphatic carbocycles. The molecule has 4 aromatic rings. The molecule has 1 saturated carbocycles. The summed E-state index contributed by atoms with van der Waals surface area (Å²) in [5, 5.41) is 7.19. The van der Waals surface area contributed by atoms with Crippen molar-refractivity contribution in [2.75, 3.05) is 38.3 Å². The first-order valence-corrected chi connectivity index (χ1v) is 13.1. The molecule has 39 heavy (non-hydrogen) atoms. The van der Waals surface area contributed by atoms with Crippen LogP contribution in [0, 0.1) is 5.41 Å². The van der Waals surface area contributed by atoms with Crippen LogP contribution in [0.5, 0.6) is 0 Å². The molecule has 0 bridgehead atoms. The average molecular weight is 541 g/mol. The van der Waals surface area contributed by atoms with Gasteiger partial charge in [-0.3, -0.25) is 14.4 Å². The lowest BCUT2D eigenvalue weighted by Gasteiger charge is -2.52. The molecule has 0 aromatic carbocycles. The third-order valence-electron chi connectivity index (χ3n) is 8.23. The molecule has 9 nitrogen and oxygen atoms in total. The molecule has 1 aliphatic heterocycles. The van der Waals surface area contributed by atoms with Gasteiger partial charge in [0.2, 0.25) is 0 Å². The summed E-state index contributed by atoms with van der Waals surface area (Å²) in [4.78, 5) is 18.3. The fourth-order valence-electron chi connectivity index (χ4n) is 6.18. The van der Waals surface area contributed by atoms with Gasteiger partial charge in [0.25, 0.3) is 0 Å². The molecule has 6 rings (SSSR count). The number of hydrogen-bond donors (Lipinski definition) is 1. The summed E-state index contributed by atoms with van der Waals surface area (Å²) in [6.45, 7) is 5.47. The van der Waals surface area contributed by atoms with Gasteiger partial charge in [0.15, 0.2) is 5.82 Å². The average Bonchev–Trinajstić information content (AvgIpc) is 3.57.